The first kappa shape index (κ1) is 13.2. The number of amides is 1. The van der Waals surface area contributed by atoms with Crippen LogP contribution in [0.4, 0.5) is 10.3 Å². The number of nitrogen functional groups attached to an aromatic ring is 1. The van der Waals surface area contributed by atoms with Crippen molar-refractivity contribution < 1.29 is 9.18 Å². The number of hydrogen-bond acceptors (Lipinski definition) is 4. The molecular weight excluding hydrogens is 283 g/mol. The number of nitrogens with zero attached hydrogens (tertiary/aromatic N) is 3. The van der Waals surface area contributed by atoms with E-state index in [1.807, 2.05) is 0 Å². The molecule has 1 saturated carbocycles. The molecule has 5 nitrogen and oxygen atoms in total. The van der Waals surface area contributed by atoms with Crippen molar-refractivity contribution in [2.24, 2.45) is 0 Å². The summed E-state index contributed by atoms with van der Waals surface area (Å²) in [6.45, 7) is 0.973. The topological polar surface area (TPSA) is 72.1 Å². The van der Waals surface area contributed by atoms with Gasteiger partial charge in [-0.2, -0.15) is 0 Å². The third-order valence-electron chi connectivity index (χ3n) is 4.52. The standard InChI is InChI=1S/C16H15FN4O/c17-12-3-1-11(2-4-12)16(5-6-16)14(22)21-8-10-7-19-15(18)20-13(10)9-21/h1-4,7H,5-6,8-9H2,(H2,18,19,20). The third-order valence-corrected chi connectivity index (χ3v) is 4.52. The lowest BCUT2D eigenvalue weighted by Crippen LogP contribution is -2.35. The third kappa shape index (κ3) is 1.94. The van der Waals surface area contributed by atoms with Crippen LogP contribution in [0.5, 0.6) is 0 Å². The molecule has 1 aromatic carbocycles. The van der Waals surface area contributed by atoms with Gasteiger partial charge in [0.25, 0.3) is 0 Å². The molecule has 0 bridgehead atoms. The summed E-state index contributed by atoms with van der Waals surface area (Å²) in [5.41, 5.74) is 7.75. The van der Waals surface area contributed by atoms with Crippen LogP contribution in [0, 0.1) is 5.82 Å². The number of anilines is 1. The minimum absolute atomic E-state index is 0.0793. The van der Waals surface area contributed by atoms with Crippen molar-refractivity contribution in [2.75, 3.05) is 5.73 Å². The van der Waals surface area contributed by atoms with Crippen LogP contribution in [-0.4, -0.2) is 20.8 Å². The molecule has 22 heavy (non-hydrogen) atoms. The Morgan fingerprint density at radius 1 is 1.23 bits per heavy atom. The molecule has 2 aliphatic rings. The van der Waals surface area contributed by atoms with E-state index in [1.165, 1.54) is 12.1 Å². The fraction of sp³-hybridized carbons (Fsp3) is 0.312. The maximum Gasteiger partial charge on any atom is 0.233 e. The van der Waals surface area contributed by atoms with E-state index in [-0.39, 0.29) is 17.7 Å². The quantitative estimate of drug-likeness (QED) is 0.917. The van der Waals surface area contributed by atoms with Crippen molar-refractivity contribution in [1.82, 2.24) is 14.9 Å². The van der Waals surface area contributed by atoms with E-state index in [4.69, 9.17) is 5.73 Å². The van der Waals surface area contributed by atoms with Crippen molar-refractivity contribution in [3.8, 4) is 0 Å². The van der Waals surface area contributed by atoms with Gasteiger partial charge >= 0.3 is 0 Å². The van der Waals surface area contributed by atoms with E-state index in [2.05, 4.69) is 9.97 Å². The molecular formula is C16H15FN4O. The highest BCUT2D eigenvalue weighted by Crippen LogP contribution is 2.50. The maximum absolute atomic E-state index is 13.1. The van der Waals surface area contributed by atoms with Gasteiger partial charge in [0.05, 0.1) is 17.7 Å². The molecule has 2 heterocycles. The molecule has 1 fully saturated rings. The van der Waals surface area contributed by atoms with Gasteiger partial charge in [0, 0.05) is 18.3 Å². The van der Waals surface area contributed by atoms with Crippen LogP contribution in [-0.2, 0) is 23.3 Å². The van der Waals surface area contributed by atoms with E-state index in [0.29, 0.717) is 13.1 Å². The van der Waals surface area contributed by atoms with E-state index in [9.17, 15) is 9.18 Å². The van der Waals surface area contributed by atoms with E-state index < -0.39 is 5.41 Å². The number of hydrogen-bond donors (Lipinski definition) is 1. The van der Waals surface area contributed by atoms with Crippen LogP contribution in [0.3, 0.4) is 0 Å². The van der Waals surface area contributed by atoms with Crippen molar-refractivity contribution >= 4 is 11.9 Å². The molecule has 1 aliphatic carbocycles. The molecule has 1 aromatic heterocycles. The average Bonchev–Trinajstić information content (AvgIpc) is 3.21. The minimum Gasteiger partial charge on any atom is -0.368 e. The predicted octanol–water partition coefficient (Wildman–Crippen LogP) is 1.77. The number of carbonyl (C=O) groups excluding carboxylic acids is 1. The molecule has 1 amide bonds. The fourth-order valence-corrected chi connectivity index (χ4v) is 3.14. The van der Waals surface area contributed by atoms with E-state index >= 15 is 0 Å². The zero-order valence-electron chi connectivity index (χ0n) is 11.9. The fourth-order valence-electron chi connectivity index (χ4n) is 3.14. The predicted molar refractivity (Wildman–Crippen MR) is 78.0 cm³/mol. The maximum atomic E-state index is 13.1. The summed E-state index contributed by atoms with van der Waals surface area (Å²) in [5.74, 6) is 0.0229. The summed E-state index contributed by atoms with van der Waals surface area (Å²) in [6, 6.07) is 6.24. The van der Waals surface area contributed by atoms with Crippen molar-refractivity contribution in [3.05, 3.63) is 53.1 Å². The summed E-state index contributed by atoms with van der Waals surface area (Å²) in [5, 5.41) is 0. The number of rotatable bonds is 2. The normalized spacial score (nSPS) is 18.1. The lowest BCUT2D eigenvalue weighted by molar-refractivity contribution is -0.134. The Hall–Kier alpha value is -2.50. The van der Waals surface area contributed by atoms with Crippen LogP contribution < -0.4 is 5.73 Å². The summed E-state index contributed by atoms with van der Waals surface area (Å²) < 4.78 is 13.1. The van der Waals surface area contributed by atoms with Gasteiger partial charge in [0.1, 0.15) is 5.82 Å². The van der Waals surface area contributed by atoms with Crippen LogP contribution in [0.1, 0.15) is 29.7 Å². The second-order valence-corrected chi connectivity index (χ2v) is 5.95. The van der Waals surface area contributed by atoms with Gasteiger partial charge in [-0.1, -0.05) is 12.1 Å². The Bertz CT molecular complexity index is 755. The lowest BCUT2D eigenvalue weighted by atomic mass is 9.94. The summed E-state index contributed by atoms with van der Waals surface area (Å²) in [7, 11) is 0. The van der Waals surface area contributed by atoms with Gasteiger partial charge in [0.2, 0.25) is 11.9 Å². The van der Waals surface area contributed by atoms with E-state index in [1.54, 1.807) is 23.2 Å². The van der Waals surface area contributed by atoms with Gasteiger partial charge in [-0.25, -0.2) is 14.4 Å². The highest BCUT2D eigenvalue weighted by molar-refractivity contribution is 5.91. The molecule has 2 aromatic rings. The highest BCUT2D eigenvalue weighted by Gasteiger charge is 2.53. The van der Waals surface area contributed by atoms with Crippen molar-refractivity contribution in [2.45, 2.75) is 31.3 Å². The zero-order valence-corrected chi connectivity index (χ0v) is 11.9. The van der Waals surface area contributed by atoms with Crippen molar-refractivity contribution in [1.29, 1.82) is 0 Å². The molecule has 0 saturated heterocycles. The molecule has 0 atom stereocenters. The van der Waals surface area contributed by atoms with Crippen molar-refractivity contribution in [3.63, 3.8) is 0 Å². The Morgan fingerprint density at radius 3 is 2.64 bits per heavy atom. The van der Waals surface area contributed by atoms with Gasteiger partial charge in [0.15, 0.2) is 0 Å². The number of nitrogens with two attached hydrogens (primary N) is 1. The summed E-state index contributed by atoms with van der Waals surface area (Å²) in [4.78, 5) is 22.9. The first-order valence-electron chi connectivity index (χ1n) is 7.24. The number of fused-ring (bicyclic) bond motifs is 1. The Morgan fingerprint density at radius 2 is 1.95 bits per heavy atom. The summed E-state index contributed by atoms with van der Waals surface area (Å²) in [6.07, 6.45) is 3.29. The lowest BCUT2D eigenvalue weighted by Gasteiger charge is -2.23. The molecule has 1 aliphatic heterocycles. The number of carbonyl (C=O) groups is 1. The second kappa shape index (κ2) is 4.50. The Labute approximate surface area is 127 Å². The van der Waals surface area contributed by atoms with Gasteiger partial charge in [-0.3, -0.25) is 4.79 Å². The molecule has 2 N–H and O–H groups in total. The first-order valence-corrected chi connectivity index (χ1v) is 7.24. The Balaban J connectivity index is 1.59. The number of benzene rings is 1. The SMILES string of the molecule is Nc1ncc2c(n1)CN(C(=O)C1(c3ccc(F)cc3)CC1)C2. The second-order valence-electron chi connectivity index (χ2n) is 5.95. The summed E-state index contributed by atoms with van der Waals surface area (Å²) >= 11 is 0. The highest BCUT2D eigenvalue weighted by atomic mass is 19.1. The van der Waals surface area contributed by atoms with Crippen LogP contribution in [0.15, 0.2) is 30.5 Å². The smallest absolute Gasteiger partial charge is 0.233 e. The Kier molecular flexibility index (Phi) is 2.69. The van der Waals surface area contributed by atoms with Gasteiger partial charge in [-0.05, 0) is 30.5 Å². The molecule has 0 unspecified atom stereocenters. The first-order chi connectivity index (χ1) is 10.6. The zero-order chi connectivity index (χ0) is 15.3. The molecule has 0 radical (unpaired) electrons. The van der Waals surface area contributed by atoms with Crippen LogP contribution >= 0.6 is 0 Å². The monoisotopic (exact) mass is 298 g/mol. The van der Waals surface area contributed by atoms with E-state index in [0.717, 1.165) is 29.7 Å². The largest absolute Gasteiger partial charge is 0.368 e. The number of halogens is 1. The molecule has 112 valence electrons. The van der Waals surface area contributed by atoms with Crippen LogP contribution in [0.2, 0.25) is 0 Å². The molecule has 4 rings (SSSR count). The average molecular weight is 298 g/mol. The van der Waals surface area contributed by atoms with Crippen LogP contribution in [0.25, 0.3) is 0 Å². The number of aromatic nitrogens is 2. The van der Waals surface area contributed by atoms with Gasteiger partial charge < -0.3 is 10.6 Å². The molecule has 0 spiro atoms. The van der Waals surface area contributed by atoms with Gasteiger partial charge in [-0.15, -0.1) is 0 Å². The molecule has 6 heteroatoms. The minimum atomic E-state index is -0.491.